The molecular weight excluding hydrogens is 274 g/mol. The van der Waals surface area contributed by atoms with Gasteiger partial charge in [0.25, 0.3) is 0 Å². The van der Waals surface area contributed by atoms with Crippen LogP contribution < -0.4 is 0 Å². The third-order valence-corrected chi connectivity index (χ3v) is 4.67. The Morgan fingerprint density at radius 1 is 1.16 bits per heavy atom. The first-order valence-electron chi connectivity index (χ1n) is 6.01. The Morgan fingerprint density at radius 2 is 2.00 bits per heavy atom. The topological polar surface area (TPSA) is 41.6 Å². The maximum Gasteiger partial charge on any atom is 0.209 e. The summed E-state index contributed by atoms with van der Waals surface area (Å²) in [7, 11) is 0. The fourth-order valence-corrected chi connectivity index (χ4v) is 3.29. The molecule has 0 aliphatic rings. The summed E-state index contributed by atoms with van der Waals surface area (Å²) in [5, 5.41) is 10.4. The van der Waals surface area contributed by atoms with Crippen molar-refractivity contribution in [3.05, 3.63) is 53.4 Å². The Hall–Kier alpha value is -1.59. The van der Waals surface area contributed by atoms with Gasteiger partial charge in [-0.2, -0.15) is 0 Å². The molecule has 3 rings (SSSR count). The van der Waals surface area contributed by atoms with Crippen LogP contribution in [0.3, 0.4) is 0 Å². The van der Waals surface area contributed by atoms with Gasteiger partial charge in [-0.15, -0.1) is 16.4 Å². The van der Waals surface area contributed by atoms with Crippen molar-refractivity contribution in [3.63, 3.8) is 0 Å². The summed E-state index contributed by atoms with van der Waals surface area (Å²) < 4.78 is 0. The monoisotopic (exact) mass is 287 g/mol. The van der Waals surface area contributed by atoms with Gasteiger partial charge in [0.15, 0.2) is 5.82 Å². The number of nitrogens with one attached hydrogen (secondary N) is 1. The molecule has 0 spiro atoms. The van der Waals surface area contributed by atoms with E-state index in [4.69, 9.17) is 0 Å². The number of aromatic amines is 1. The number of aromatic nitrogens is 3. The van der Waals surface area contributed by atoms with E-state index in [1.165, 1.54) is 5.56 Å². The molecule has 0 aliphatic carbocycles. The van der Waals surface area contributed by atoms with Crippen LogP contribution in [0.2, 0.25) is 0 Å². The number of thiophene rings is 1. The summed E-state index contributed by atoms with van der Waals surface area (Å²) in [4.78, 5) is 5.64. The molecular formula is C14H13N3S2. The van der Waals surface area contributed by atoms with E-state index in [9.17, 15) is 0 Å². The number of rotatable bonds is 4. The standard InChI is InChI=1S/C14H13N3S2/c1-10(11-6-3-2-4-7-11)19-14-15-13(16-17-14)12-8-5-9-18-12/h2-10H,1H3,(H,15,16,17). The van der Waals surface area contributed by atoms with Crippen LogP contribution >= 0.6 is 23.1 Å². The molecule has 0 radical (unpaired) electrons. The van der Waals surface area contributed by atoms with Crippen LogP contribution in [0.5, 0.6) is 0 Å². The largest absolute Gasteiger partial charge is 0.257 e. The van der Waals surface area contributed by atoms with Crippen molar-refractivity contribution in [1.82, 2.24) is 15.2 Å². The Balaban J connectivity index is 1.74. The number of nitrogens with zero attached hydrogens (tertiary/aromatic N) is 2. The van der Waals surface area contributed by atoms with E-state index in [0.717, 1.165) is 15.9 Å². The molecule has 0 fully saturated rings. The van der Waals surface area contributed by atoms with Crippen LogP contribution in [-0.4, -0.2) is 15.2 Å². The van der Waals surface area contributed by atoms with Gasteiger partial charge in [-0.3, -0.25) is 5.10 Å². The van der Waals surface area contributed by atoms with E-state index in [1.54, 1.807) is 23.1 Å². The summed E-state index contributed by atoms with van der Waals surface area (Å²) in [5.41, 5.74) is 1.29. The van der Waals surface area contributed by atoms with Crippen LogP contribution in [0, 0.1) is 0 Å². The minimum atomic E-state index is 0.341. The van der Waals surface area contributed by atoms with Gasteiger partial charge < -0.3 is 0 Å². The molecule has 96 valence electrons. The maximum absolute atomic E-state index is 4.52. The summed E-state index contributed by atoms with van der Waals surface area (Å²) in [5.74, 6) is 0.845. The van der Waals surface area contributed by atoms with E-state index < -0.39 is 0 Å². The first kappa shape index (κ1) is 12.4. The molecule has 0 saturated heterocycles. The molecule has 3 nitrogen and oxygen atoms in total. The second-order valence-corrected chi connectivity index (χ2v) is 6.37. The van der Waals surface area contributed by atoms with Gasteiger partial charge >= 0.3 is 0 Å². The quantitative estimate of drug-likeness (QED) is 0.724. The van der Waals surface area contributed by atoms with E-state index in [0.29, 0.717) is 5.25 Å². The number of hydrogen-bond acceptors (Lipinski definition) is 4. The van der Waals surface area contributed by atoms with Crippen LogP contribution in [0.4, 0.5) is 0 Å². The molecule has 0 saturated carbocycles. The zero-order valence-electron chi connectivity index (χ0n) is 10.4. The van der Waals surface area contributed by atoms with Crippen molar-refractivity contribution in [1.29, 1.82) is 0 Å². The molecule has 1 N–H and O–H groups in total. The highest BCUT2D eigenvalue weighted by molar-refractivity contribution is 7.99. The van der Waals surface area contributed by atoms with Gasteiger partial charge in [-0.25, -0.2) is 4.98 Å². The van der Waals surface area contributed by atoms with Crippen molar-refractivity contribution in [2.45, 2.75) is 17.3 Å². The average molecular weight is 287 g/mol. The summed E-state index contributed by atoms with van der Waals surface area (Å²) in [6.07, 6.45) is 0. The number of hydrogen-bond donors (Lipinski definition) is 1. The highest BCUT2D eigenvalue weighted by Crippen LogP contribution is 2.33. The molecule has 1 unspecified atom stereocenters. The zero-order chi connectivity index (χ0) is 13.1. The van der Waals surface area contributed by atoms with Crippen LogP contribution in [0.15, 0.2) is 53.0 Å². The predicted molar refractivity (Wildman–Crippen MR) is 80.4 cm³/mol. The lowest BCUT2D eigenvalue weighted by Gasteiger charge is -2.07. The normalized spacial score (nSPS) is 12.5. The molecule has 2 heterocycles. The Labute approximate surface area is 120 Å². The number of thioether (sulfide) groups is 1. The lowest BCUT2D eigenvalue weighted by molar-refractivity contribution is 0.960. The predicted octanol–water partition coefficient (Wildman–Crippen LogP) is 4.39. The minimum Gasteiger partial charge on any atom is -0.257 e. The molecule has 0 bridgehead atoms. The molecule has 2 aromatic heterocycles. The van der Waals surface area contributed by atoms with Crippen LogP contribution in [0.25, 0.3) is 10.7 Å². The fourth-order valence-electron chi connectivity index (χ4n) is 1.77. The fraction of sp³-hybridized carbons (Fsp3) is 0.143. The third-order valence-electron chi connectivity index (χ3n) is 2.77. The Morgan fingerprint density at radius 3 is 2.74 bits per heavy atom. The molecule has 19 heavy (non-hydrogen) atoms. The van der Waals surface area contributed by atoms with Gasteiger partial charge in [0.2, 0.25) is 5.16 Å². The SMILES string of the molecule is CC(Sc1n[nH]c(-c2cccs2)n1)c1ccccc1. The van der Waals surface area contributed by atoms with E-state index in [-0.39, 0.29) is 0 Å². The van der Waals surface area contributed by atoms with Crippen molar-refractivity contribution in [2.24, 2.45) is 0 Å². The molecule has 0 amide bonds. The van der Waals surface area contributed by atoms with Crippen molar-refractivity contribution in [3.8, 4) is 10.7 Å². The van der Waals surface area contributed by atoms with Crippen LogP contribution in [0.1, 0.15) is 17.7 Å². The van der Waals surface area contributed by atoms with Gasteiger partial charge in [-0.1, -0.05) is 48.2 Å². The summed E-state index contributed by atoms with van der Waals surface area (Å²) in [6, 6.07) is 14.5. The summed E-state index contributed by atoms with van der Waals surface area (Å²) in [6.45, 7) is 2.17. The van der Waals surface area contributed by atoms with Gasteiger partial charge in [0, 0.05) is 5.25 Å². The lowest BCUT2D eigenvalue weighted by Crippen LogP contribution is -1.88. The molecule has 1 atom stereocenters. The zero-order valence-corrected chi connectivity index (χ0v) is 12.0. The third kappa shape index (κ3) is 2.88. The van der Waals surface area contributed by atoms with Crippen molar-refractivity contribution >= 4 is 23.1 Å². The van der Waals surface area contributed by atoms with E-state index in [1.807, 2.05) is 23.6 Å². The molecule has 0 aliphatic heterocycles. The molecule has 1 aromatic carbocycles. The van der Waals surface area contributed by atoms with Crippen molar-refractivity contribution in [2.75, 3.05) is 0 Å². The molecule has 5 heteroatoms. The maximum atomic E-state index is 4.52. The smallest absolute Gasteiger partial charge is 0.209 e. The Bertz CT molecular complexity index is 632. The number of benzene rings is 1. The second kappa shape index (κ2) is 5.59. The van der Waals surface area contributed by atoms with E-state index in [2.05, 4.69) is 46.4 Å². The van der Waals surface area contributed by atoms with Gasteiger partial charge in [0.1, 0.15) is 0 Å². The Kier molecular flexibility index (Phi) is 3.66. The van der Waals surface area contributed by atoms with Crippen molar-refractivity contribution < 1.29 is 0 Å². The minimum absolute atomic E-state index is 0.341. The van der Waals surface area contributed by atoms with Gasteiger partial charge in [-0.05, 0) is 23.9 Å². The first-order chi connectivity index (χ1) is 9.33. The highest BCUT2D eigenvalue weighted by atomic mass is 32.2. The first-order valence-corrected chi connectivity index (χ1v) is 7.77. The summed E-state index contributed by atoms with van der Waals surface area (Å²) >= 11 is 3.33. The number of H-pyrrole nitrogens is 1. The van der Waals surface area contributed by atoms with Gasteiger partial charge in [0.05, 0.1) is 4.88 Å². The molecule has 3 aromatic rings. The second-order valence-electron chi connectivity index (χ2n) is 4.11. The average Bonchev–Trinajstić information content (AvgIpc) is 3.10. The van der Waals surface area contributed by atoms with E-state index >= 15 is 0 Å². The lowest BCUT2D eigenvalue weighted by atomic mass is 10.2. The highest BCUT2D eigenvalue weighted by Gasteiger charge is 2.12. The van der Waals surface area contributed by atoms with Crippen LogP contribution in [-0.2, 0) is 0 Å².